The lowest BCUT2D eigenvalue weighted by Crippen LogP contribution is -3.00. The summed E-state index contributed by atoms with van der Waals surface area (Å²) < 4.78 is 2.71. The summed E-state index contributed by atoms with van der Waals surface area (Å²) >= 11 is 0. The van der Waals surface area contributed by atoms with Crippen LogP contribution in [0.1, 0.15) is 57.8 Å². The first-order valence-electron chi connectivity index (χ1n) is 8.57. The van der Waals surface area contributed by atoms with Crippen LogP contribution in [0, 0.1) is 0 Å². The minimum atomic E-state index is 0. The highest BCUT2D eigenvalue weighted by atomic mass is 79.9. The third kappa shape index (κ3) is 3.90. The second-order valence-electron chi connectivity index (χ2n) is 6.44. The van der Waals surface area contributed by atoms with E-state index in [9.17, 15) is 0 Å². The molecule has 0 aromatic rings. The Hall–Kier alpha value is -0.250. The van der Waals surface area contributed by atoms with Gasteiger partial charge >= 0.3 is 5.96 Å². The number of piperidine rings is 3. The van der Waals surface area contributed by atoms with E-state index in [4.69, 9.17) is 0 Å². The number of hydrogen-bond donors (Lipinski definition) is 0. The van der Waals surface area contributed by atoms with Gasteiger partial charge in [-0.15, -0.1) is 0 Å². The molecule has 116 valence electrons. The molecule has 20 heavy (non-hydrogen) atoms. The molecule has 4 heteroatoms. The summed E-state index contributed by atoms with van der Waals surface area (Å²) in [5.41, 5.74) is 0. The van der Waals surface area contributed by atoms with Gasteiger partial charge in [-0.2, -0.15) is 0 Å². The van der Waals surface area contributed by atoms with Gasteiger partial charge in [0.05, 0.1) is 39.3 Å². The summed E-state index contributed by atoms with van der Waals surface area (Å²) in [6, 6.07) is 0. The lowest BCUT2D eigenvalue weighted by molar-refractivity contribution is -0.547. The summed E-state index contributed by atoms with van der Waals surface area (Å²) in [6.45, 7) is 7.76. The van der Waals surface area contributed by atoms with Crippen LogP contribution in [-0.2, 0) is 0 Å². The Labute approximate surface area is 134 Å². The van der Waals surface area contributed by atoms with Crippen LogP contribution in [0.15, 0.2) is 0 Å². The second kappa shape index (κ2) is 8.26. The maximum atomic E-state index is 2.71. The van der Waals surface area contributed by atoms with Crippen LogP contribution in [0.25, 0.3) is 0 Å². The van der Waals surface area contributed by atoms with Crippen molar-refractivity contribution >= 4 is 5.96 Å². The fraction of sp³-hybridized carbons (Fsp3) is 0.938. The smallest absolute Gasteiger partial charge is 0.350 e. The van der Waals surface area contributed by atoms with Crippen LogP contribution in [0.2, 0.25) is 0 Å². The van der Waals surface area contributed by atoms with E-state index in [2.05, 4.69) is 14.4 Å². The standard InChI is InChI=1S/C16H30N3.BrH/c1-4-10-17(11-5-1)16(18-12-6-2-7-13-18)19-14-8-3-9-15-19;/h1-15H2;1H/q+1;/p-1. The van der Waals surface area contributed by atoms with Crippen molar-refractivity contribution in [1.29, 1.82) is 0 Å². The van der Waals surface area contributed by atoms with E-state index >= 15 is 0 Å². The molecule has 0 spiro atoms. The predicted octanol–water partition coefficient (Wildman–Crippen LogP) is -0.485. The van der Waals surface area contributed by atoms with Crippen molar-refractivity contribution in [2.75, 3.05) is 39.3 Å². The molecule has 0 aromatic heterocycles. The van der Waals surface area contributed by atoms with E-state index < -0.39 is 0 Å². The topological polar surface area (TPSA) is 9.49 Å². The molecule has 0 radical (unpaired) electrons. The molecule has 3 rings (SSSR count). The molecule has 3 nitrogen and oxygen atoms in total. The minimum Gasteiger partial charge on any atom is -1.00 e. The zero-order chi connectivity index (χ0) is 12.9. The first kappa shape index (κ1) is 16.1. The lowest BCUT2D eigenvalue weighted by atomic mass is 10.1. The van der Waals surface area contributed by atoms with Crippen molar-refractivity contribution in [2.24, 2.45) is 0 Å². The van der Waals surface area contributed by atoms with Crippen LogP contribution in [0.3, 0.4) is 0 Å². The molecule has 0 amide bonds. The van der Waals surface area contributed by atoms with E-state index in [0.29, 0.717) is 0 Å². The molecule has 3 aliphatic heterocycles. The number of likely N-dealkylation sites (tertiary alicyclic amines) is 2. The average molecular weight is 344 g/mol. The molecule has 3 heterocycles. The minimum absolute atomic E-state index is 0. The lowest BCUT2D eigenvalue weighted by Gasteiger charge is -2.35. The number of hydrogen-bond acceptors (Lipinski definition) is 0. The highest BCUT2D eigenvalue weighted by Gasteiger charge is 2.31. The van der Waals surface area contributed by atoms with Crippen LogP contribution in [0.4, 0.5) is 0 Å². The maximum absolute atomic E-state index is 2.71. The molecular formula is C16H30BrN3. The molecule has 3 aliphatic rings. The molecule has 0 aliphatic carbocycles. The molecule has 0 aromatic carbocycles. The van der Waals surface area contributed by atoms with Gasteiger partial charge in [0.25, 0.3) is 0 Å². The van der Waals surface area contributed by atoms with Crippen LogP contribution >= 0.6 is 0 Å². The molecule has 0 atom stereocenters. The maximum Gasteiger partial charge on any atom is 0.350 e. The van der Waals surface area contributed by atoms with Gasteiger partial charge in [-0.05, 0) is 57.8 Å². The molecule has 3 saturated heterocycles. The summed E-state index contributed by atoms with van der Waals surface area (Å²) in [5.74, 6) is 1.61. The first-order chi connectivity index (χ1) is 9.45. The van der Waals surface area contributed by atoms with Gasteiger partial charge in [0.2, 0.25) is 0 Å². The van der Waals surface area contributed by atoms with Crippen molar-refractivity contribution < 1.29 is 21.6 Å². The molecular weight excluding hydrogens is 314 g/mol. The van der Waals surface area contributed by atoms with Crippen molar-refractivity contribution in [2.45, 2.75) is 57.8 Å². The number of guanidine groups is 1. The summed E-state index contributed by atoms with van der Waals surface area (Å²) in [6.07, 6.45) is 12.7. The van der Waals surface area contributed by atoms with Gasteiger partial charge in [0.1, 0.15) is 0 Å². The van der Waals surface area contributed by atoms with Crippen molar-refractivity contribution in [3.05, 3.63) is 0 Å². The Bertz CT molecular complexity index is 290. The Morgan fingerprint density at radius 3 is 1.40 bits per heavy atom. The van der Waals surface area contributed by atoms with Crippen molar-refractivity contribution in [3.8, 4) is 0 Å². The number of nitrogens with zero attached hydrogens (tertiary/aromatic N) is 3. The Kier molecular flexibility index (Phi) is 6.66. The van der Waals surface area contributed by atoms with Gasteiger partial charge < -0.3 is 17.0 Å². The summed E-state index contributed by atoms with van der Waals surface area (Å²) in [4.78, 5) is 5.42. The fourth-order valence-electron chi connectivity index (χ4n) is 3.88. The molecule has 0 bridgehead atoms. The van der Waals surface area contributed by atoms with Crippen LogP contribution < -0.4 is 17.0 Å². The molecule has 0 N–H and O–H groups in total. The Balaban J connectivity index is 0.00000147. The van der Waals surface area contributed by atoms with Gasteiger partial charge in [-0.25, -0.2) is 0 Å². The second-order valence-corrected chi connectivity index (χ2v) is 6.44. The number of rotatable bonds is 0. The monoisotopic (exact) mass is 343 g/mol. The highest BCUT2D eigenvalue weighted by Crippen LogP contribution is 2.17. The first-order valence-corrected chi connectivity index (χ1v) is 8.57. The van der Waals surface area contributed by atoms with E-state index in [1.807, 2.05) is 0 Å². The number of halogens is 1. The third-order valence-corrected chi connectivity index (χ3v) is 4.92. The largest absolute Gasteiger partial charge is 1.00 e. The van der Waals surface area contributed by atoms with Crippen molar-refractivity contribution in [1.82, 2.24) is 9.80 Å². The summed E-state index contributed by atoms with van der Waals surface area (Å²) in [5, 5.41) is 0. The zero-order valence-corrected chi connectivity index (χ0v) is 14.4. The van der Waals surface area contributed by atoms with E-state index in [1.165, 1.54) is 97.1 Å². The van der Waals surface area contributed by atoms with Gasteiger partial charge in [0.15, 0.2) is 0 Å². The van der Waals surface area contributed by atoms with E-state index in [-0.39, 0.29) is 17.0 Å². The van der Waals surface area contributed by atoms with Crippen LogP contribution in [-0.4, -0.2) is 59.6 Å². The fourth-order valence-corrected chi connectivity index (χ4v) is 3.88. The molecule has 3 fully saturated rings. The SMILES string of the molecule is C1CCN(C(N2CCCCC2)=[N+]2CCCCC2)CC1.[Br-]. The van der Waals surface area contributed by atoms with Gasteiger partial charge in [-0.3, -0.25) is 14.4 Å². The molecule has 0 saturated carbocycles. The van der Waals surface area contributed by atoms with Gasteiger partial charge in [0, 0.05) is 0 Å². The third-order valence-electron chi connectivity index (χ3n) is 4.92. The normalized spacial score (nSPS) is 24.3. The average Bonchev–Trinajstić information content (AvgIpc) is 2.51. The van der Waals surface area contributed by atoms with E-state index in [0.717, 1.165) is 0 Å². The Morgan fingerprint density at radius 1 is 0.550 bits per heavy atom. The predicted molar refractivity (Wildman–Crippen MR) is 79.7 cm³/mol. The van der Waals surface area contributed by atoms with Crippen molar-refractivity contribution in [3.63, 3.8) is 0 Å². The quantitative estimate of drug-likeness (QED) is 0.434. The van der Waals surface area contributed by atoms with Gasteiger partial charge in [-0.1, -0.05) is 0 Å². The Morgan fingerprint density at radius 2 is 0.950 bits per heavy atom. The van der Waals surface area contributed by atoms with E-state index in [1.54, 1.807) is 5.96 Å². The highest BCUT2D eigenvalue weighted by molar-refractivity contribution is 5.75. The molecule has 0 unspecified atom stereocenters. The zero-order valence-electron chi connectivity index (χ0n) is 12.8. The summed E-state index contributed by atoms with van der Waals surface area (Å²) in [7, 11) is 0. The van der Waals surface area contributed by atoms with Crippen LogP contribution in [0.5, 0.6) is 0 Å².